The van der Waals surface area contributed by atoms with Gasteiger partial charge in [-0.15, -0.1) is 0 Å². The molecular weight excluding hydrogens is 441 g/mol. The standard InChI is InChI=1S/C22H15Cl2N3O2S/c1-29-20(28)12-8-15-7-11-19(30-16-9-10-17(23)18(24)13-16)21(22(15)26-27-25)14-5-3-2-4-6-14/h2-13H,1H3/b12-8-. The zero-order valence-corrected chi connectivity index (χ0v) is 18.1. The van der Waals surface area contributed by atoms with E-state index in [1.165, 1.54) is 24.9 Å². The molecule has 0 unspecified atom stereocenters. The molecule has 30 heavy (non-hydrogen) atoms. The van der Waals surface area contributed by atoms with Gasteiger partial charge >= 0.3 is 5.97 Å². The van der Waals surface area contributed by atoms with Crippen LogP contribution in [0.15, 0.2) is 81.6 Å². The Balaban J connectivity index is 2.20. The normalized spacial score (nSPS) is 10.6. The quantitative estimate of drug-likeness (QED) is 0.124. The van der Waals surface area contributed by atoms with E-state index in [1.54, 1.807) is 24.3 Å². The first-order valence-electron chi connectivity index (χ1n) is 8.70. The number of nitrogens with zero attached hydrogens (tertiary/aromatic N) is 3. The Kier molecular flexibility index (Phi) is 7.44. The van der Waals surface area contributed by atoms with Crippen molar-refractivity contribution in [3.8, 4) is 11.1 Å². The lowest BCUT2D eigenvalue weighted by Gasteiger charge is -2.15. The van der Waals surface area contributed by atoms with Gasteiger partial charge in [0.05, 0.1) is 22.8 Å². The van der Waals surface area contributed by atoms with Crippen LogP contribution in [0.25, 0.3) is 27.6 Å². The summed E-state index contributed by atoms with van der Waals surface area (Å²) in [5, 5.41) is 4.87. The average molecular weight is 456 g/mol. The van der Waals surface area contributed by atoms with Gasteiger partial charge in [-0.05, 0) is 47.0 Å². The summed E-state index contributed by atoms with van der Waals surface area (Å²) in [6.07, 6.45) is 2.85. The predicted molar refractivity (Wildman–Crippen MR) is 122 cm³/mol. The van der Waals surface area contributed by atoms with Gasteiger partial charge in [-0.1, -0.05) is 76.5 Å². The maximum atomic E-state index is 11.5. The van der Waals surface area contributed by atoms with E-state index in [2.05, 4.69) is 14.8 Å². The maximum absolute atomic E-state index is 11.5. The number of esters is 1. The topological polar surface area (TPSA) is 75.1 Å². The van der Waals surface area contributed by atoms with Gasteiger partial charge < -0.3 is 4.74 Å². The van der Waals surface area contributed by atoms with E-state index >= 15 is 0 Å². The summed E-state index contributed by atoms with van der Waals surface area (Å²) in [5.41, 5.74) is 11.8. The van der Waals surface area contributed by atoms with Crippen molar-refractivity contribution < 1.29 is 9.53 Å². The third-order valence-corrected chi connectivity index (χ3v) is 5.89. The number of halogens is 2. The van der Waals surface area contributed by atoms with Gasteiger partial charge in [0.1, 0.15) is 0 Å². The van der Waals surface area contributed by atoms with Crippen LogP contribution in [0.5, 0.6) is 0 Å². The fourth-order valence-electron chi connectivity index (χ4n) is 2.74. The second-order valence-corrected chi connectivity index (χ2v) is 7.90. The van der Waals surface area contributed by atoms with E-state index in [9.17, 15) is 10.3 Å². The van der Waals surface area contributed by atoms with Crippen molar-refractivity contribution >= 4 is 52.7 Å². The van der Waals surface area contributed by atoms with Crippen molar-refractivity contribution in [1.82, 2.24) is 0 Å². The molecule has 0 aliphatic carbocycles. The van der Waals surface area contributed by atoms with Crippen LogP contribution < -0.4 is 0 Å². The third-order valence-electron chi connectivity index (χ3n) is 4.10. The molecule has 0 aliphatic rings. The van der Waals surface area contributed by atoms with Gasteiger partial charge in [0.15, 0.2) is 0 Å². The van der Waals surface area contributed by atoms with Crippen molar-refractivity contribution in [1.29, 1.82) is 0 Å². The van der Waals surface area contributed by atoms with E-state index in [-0.39, 0.29) is 0 Å². The SMILES string of the molecule is COC(=O)/C=C\c1ccc(Sc2ccc(Cl)c(Cl)c2)c(-c2ccccc2)c1N=[N+]=[N-]. The minimum Gasteiger partial charge on any atom is -0.466 e. The summed E-state index contributed by atoms with van der Waals surface area (Å²) >= 11 is 13.7. The fourth-order valence-corrected chi connectivity index (χ4v) is 4.12. The molecule has 0 saturated heterocycles. The highest BCUT2D eigenvalue weighted by atomic mass is 35.5. The molecule has 0 aromatic heterocycles. The summed E-state index contributed by atoms with van der Waals surface area (Å²) < 4.78 is 4.65. The lowest BCUT2D eigenvalue weighted by atomic mass is 10.00. The monoisotopic (exact) mass is 455 g/mol. The number of carbonyl (C=O) groups excluding carboxylic acids is 1. The smallest absolute Gasteiger partial charge is 0.330 e. The van der Waals surface area contributed by atoms with Gasteiger partial charge in [0.25, 0.3) is 0 Å². The molecule has 0 aliphatic heterocycles. The van der Waals surface area contributed by atoms with Crippen LogP contribution in [-0.4, -0.2) is 13.1 Å². The number of rotatable bonds is 6. The van der Waals surface area contributed by atoms with E-state index < -0.39 is 5.97 Å². The number of carbonyl (C=O) groups is 1. The van der Waals surface area contributed by atoms with Crippen LogP contribution >= 0.6 is 35.0 Å². The lowest BCUT2D eigenvalue weighted by Crippen LogP contribution is -1.94. The second kappa shape index (κ2) is 10.2. The maximum Gasteiger partial charge on any atom is 0.330 e. The molecule has 0 saturated carbocycles. The highest BCUT2D eigenvalue weighted by Gasteiger charge is 2.15. The first-order valence-corrected chi connectivity index (χ1v) is 10.3. The molecule has 3 aromatic rings. The number of ether oxygens (including phenoxy) is 1. The summed E-state index contributed by atoms with van der Waals surface area (Å²) in [5.74, 6) is -0.502. The number of methoxy groups -OCH3 is 1. The molecule has 0 amide bonds. The highest BCUT2D eigenvalue weighted by Crippen LogP contribution is 2.44. The van der Waals surface area contributed by atoms with Gasteiger partial charge in [-0.3, -0.25) is 0 Å². The Labute approximate surface area is 187 Å². The van der Waals surface area contributed by atoms with E-state index in [1.807, 2.05) is 42.5 Å². The Morgan fingerprint density at radius 2 is 1.87 bits per heavy atom. The fraction of sp³-hybridized carbons (Fsp3) is 0.0455. The van der Waals surface area contributed by atoms with Crippen LogP contribution in [0.1, 0.15) is 5.56 Å². The summed E-state index contributed by atoms with van der Waals surface area (Å²) in [7, 11) is 1.30. The summed E-state index contributed by atoms with van der Waals surface area (Å²) in [6.45, 7) is 0. The molecule has 8 heteroatoms. The molecule has 0 atom stereocenters. The van der Waals surface area contributed by atoms with Crippen molar-refractivity contribution in [2.45, 2.75) is 9.79 Å². The zero-order valence-electron chi connectivity index (χ0n) is 15.8. The Hall–Kier alpha value is -2.89. The molecule has 0 heterocycles. The molecular formula is C22H15Cl2N3O2S. The minimum absolute atomic E-state index is 0.411. The Morgan fingerprint density at radius 3 is 2.53 bits per heavy atom. The van der Waals surface area contributed by atoms with Gasteiger partial charge in [0.2, 0.25) is 0 Å². The van der Waals surface area contributed by atoms with Crippen molar-refractivity contribution in [3.05, 3.63) is 92.8 Å². The minimum atomic E-state index is -0.502. The van der Waals surface area contributed by atoms with Crippen LogP contribution in [0.2, 0.25) is 10.0 Å². The average Bonchev–Trinajstić information content (AvgIpc) is 2.76. The largest absolute Gasteiger partial charge is 0.466 e. The molecule has 3 rings (SSSR count). The summed E-state index contributed by atoms with van der Waals surface area (Å²) in [6, 6.07) is 18.6. The molecule has 150 valence electrons. The summed E-state index contributed by atoms with van der Waals surface area (Å²) in [4.78, 5) is 16.3. The Morgan fingerprint density at radius 1 is 1.10 bits per heavy atom. The number of hydrogen-bond acceptors (Lipinski definition) is 4. The molecule has 0 fully saturated rings. The van der Waals surface area contributed by atoms with E-state index in [4.69, 9.17) is 23.2 Å². The first kappa shape index (κ1) is 21.8. The van der Waals surface area contributed by atoms with Gasteiger partial charge in [0, 0.05) is 26.3 Å². The molecule has 5 nitrogen and oxygen atoms in total. The highest BCUT2D eigenvalue weighted by molar-refractivity contribution is 7.99. The molecule has 3 aromatic carbocycles. The van der Waals surface area contributed by atoms with Crippen LogP contribution in [0.3, 0.4) is 0 Å². The van der Waals surface area contributed by atoms with E-state index in [0.717, 1.165) is 20.9 Å². The van der Waals surface area contributed by atoms with Crippen LogP contribution in [-0.2, 0) is 9.53 Å². The molecule has 0 radical (unpaired) electrons. The van der Waals surface area contributed by atoms with Crippen molar-refractivity contribution in [3.63, 3.8) is 0 Å². The van der Waals surface area contributed by atoms with Crippen molar-refractivity contribution in [2.75, 3.05) is 7.11 Å². The Bertz CT molecular complexity index is 1160. The molecule has 0 bridgehead atoms. The van der Waals surface area contributed by atoms with Crippen LogP contribution in [0.4, 0.5) is 5.69 Å². The van der Waals surface area contributed by atoms with Crippen molar-refractivity contribution in [2.24, 2.45) is 5.11 Å². The second-order valence-electron chi connectivity index (χ2n) is 5.97. The molecule has 0 N–H and O–H groups in total. The predicted octanol–water partition coefficient (Wildman–Crippen LogP) is 7.94. The molecule has 0 spiro atoms. The van der Waals surface area contributed by atoms with Gasteiger partial charge in [-0.25, -0.2) is 4.79 Å². The van der Waals surface area contributed by atoms with E-state index in [0.29, 0.717) is 21.3 Å². The first-order chi connectivity index (χ1) is 14.5. The number of benzene rings is 3. The number of azide groups is 1. The van der Waals surface area contributed by atoms with Gasteiger partial charge in [-0.2, -0.15) is 0 Å². The zero-order chi connectivity index (χ0) is 21.5. The lowest BCUT2D eigenvalue weighted by molar-refractivity contribution is -0.134. The number of hydrogen-bond donors (Lipinski definition) is 0. The van der Waals surface area contributed by atoms with Crippen LogP contribution in [0, 0.1) is 0 Å². The third kappa shape index (κ3) is 5.17.